The Morgan fingerprint density at radius 2 is 0.545 bits per heavy atom. The standard InChI is InChI=1S/C11H2F18O4/c12-3(1(30)31,2(32)33)4(13,14)5(15,16)6(17,18)7(19,20)8(21,22)9(23,24)10(25,26)11(27,28)29/h(H,30,31)(H,32,33). The van der Waals surface area contributed by atoms with Gasteiger partial charge in [0, 0.05) is 0 Å². The number of hydrogen-bond donors (Lipinski definition) is 2. The van der Waals surface area contributed by atoms with E-state index in [2.05, 4.69) is 0 Å². The van der Waals surface area contributed by atoms with E-state index in [1.807, 2.05) is 0 Å². The summed E-state index contributed by atoms with van der Waals surface area (Å²) < 4.78 is 233. The molecule has 2 N–H and O–H groups in total. The molecule has 4 nitrogen and oxygen atoms in total. The fourth-order valence-electron chi connectivity index (χ4n) is 1.74. The lowest BCUT2D eigenvalue weighted by atomic mass is 9.83. The Morgan fingerprint density at radius 1 is 0.364 bits per heavy atom. The second-order valence-electron chi connectivity index (χ2n) is 5.79. The van der Waals surface area contributed by atoms with Crippen LogP contribution in [0.5, 0.6) is 0 Å². The van der Waals surface area contributed by atoms with Crippen molar-refractivity contribution in [2.75, 3.05) is 0 Å². The van der Waals surface area contributed by atoms with E-state index < -0.39 is 65.2 Å². The van der Waals surface area contributed by atoms with Crippen LogP contribution >= 0.6 is 0 Å². The summed E-state index contributed by atoms with van der Waals surface area (Å²) >= 11 is 0. The molecule has 0 atom stereocenters. The van der Waals surface area contributed by atoms with Crippen molar-refractivity contribution in [3.63, 3.8) is 0 Å². The first-order valence-electron chi connectivity index (χ1n) is 6.76. The van der Waals surface area contributed by atoms with Crippen molar-refractivity contribution >= 4 is 11.9 Å². The lowest BCUT2D eigenvalue weighted by Crippen LogP contribution is -2.77. The first-order chi connectivity index (χ1) is 13.9. The van der Waals surface area contributed by atoms with Crippen molar-refractivity contribution in [2.24, 2.45) is 0 Å². The van der Waals surface area contributed by atoms with Gasteiger partial charge in [0.15, 0.2) is 0 Å². The summed E-state index contributed by atoms with van der Waals surface area (Å²) in [6.45, 7) is 0. The summed E-state index contributed by atoms with van der Waals surface area (Å²) in [5.41, 5.74) is -7.09. The van der Waals surface area contributed by atoms with Gasteiger partial charge < -0.3 is 10.2 Å². The normalized spacial score (nSPS) is 16.1. The van der Waals surface area contributed by atoms with Crippen LogP contribution in [0.25, 0.3) is 0 Å². The van der Waals surface area contributed by atoms with Gasteiger partial charge in [0.25, 0.3) is 0 Å². The minimum Gasteiger partial charge on any atom is -0.478 e. The molecule has 0 aromatic carbocycles. The highest BCUT2D eigenvalue weighted by Crippen LogP contribution is 2.65. The molecule has 0 aliphatic rings. The zero-order valence-corrected chi connectivity index (χ0v) is 14.0. The lowest BCUT2D eigenvalue weighted by molar-refractivity contribution is -0.464. The third kappa shape index (κ3) is 3.41. The molecule has 33 heavy (non-hydrogen) atoms. The summed E-state index contributed by atoms with van der Waals surface area (Å²) in [6, 6.07) is 0. The maximum atomic E-state index is 13.5. The molecular weight excluding hydrogens is 538 g/mol. The number of carbonyl (C=O) groups is 2. The van der Waals surface area contributed by atoms with Crippen molar-refractivity contribution in [3.05, 3.63) is 0 Å². The van der Waals surface area contributed by atoms with Gasteiger partial charge in [0.05, 0.1) is 0 Å². The van der Waals surface area contributed by atoms with Gasteiger partial charge >= 0.3 is 65.2 Å². The number of halogens is 18. The van der Waals surface area contributed by atoms with Gasteiger partial charge in [-0.25, -0.2) is 14.0 Å². The van der Waals surface area contributed by atoms with E-state index in [4.69, 9.17) is 10.2 Å². The van der Waals surface area contributed by atoms with E-state index in [0.29, 0.717) is 0 Å². The molecule has 0 radical (unpaired) electrons. The second-order valence-corrected chi connectivity index (χ2v) is 5.79. The van der Waals surface area contributed by atoms with Crippen LogP contribution in [0.15, 0.2) is 0 Å². The molecule has 0 aromatic rings. The van der Waals surface area contributed by atoms with Gasteiger partial charge in [-0.1, -0.05) is 0 Å². The fraction of sp³-hybridized carbons (Fsp3) is 0.818. The van der Waals surface area contributed by atoms with Crippen LogP contribution in [-0.2, 0) is 9.59 Å². The molecular formula is C11H2F18O4. The van der Waals surface area contributed by atoms with E-state index in [-0.39, 0.29) is 0 Å². The van der Waals surface area contributed by atoms with Crippen LogP contribution in [0, 0.1) is 0 Å². The predicted octanol–water partition coefficient (Wildman–Crippen LogP) is 4.87. The van der Waals surface area contributed by atoms with Crippen molar-refractivity contribution in [1.82, 2.24) is 0 Å². The Balaban J connectivity index is 7.15. The van der Waals surface area contributed by atoms with E-state index in [0.717, 1.165) is 0 Å². The van der Waals surface area contributed by atoms with E-state index in [9.17, 15) is 88.6 Å². The van der Waals surface area contributed by atoms with Gasteiger partial charge in [0.1, 0.15) is 0 Å². The molecule has 0 aliphatic heterocycles. The van der Waals surface area contributed by atoms with E-state index in [1.165, 1.54) is 0 Å². The van der Waals surface area contributed by atoms with Gasteiger partial charge in [-0.2, -0.15) is 74.6 Å². The molecule has 0 amide bonds. The van der Waals surface area contributed by atoms with Crippen LogP contribution < -0.4 is 0 Å². The number of carboxylic acid groups (broad SMARTS) is 2. The molecule has 196 valence electrons. The van der Waals surface area contributed by atoms with Crippen molar-refractivity contribution in [2.45, 2.75) is 53.3 Å². The van der Waals surface area contributed by atoms with Gasteiger partial charge in [-0.05, 0) is 0 Å². The molecule has 0 heterocycles. The highest BCUT2D eigenvalue weighted by Gasteiger charge is 2.97. The van der Waals surface area contributed by atoms with E-state index >= 15 is 0 Å². The van der Waals surface area contributed by atoms with Crippen molar-refractivity contribution in [1.29, 1.82) is 0 Å². The lowest BCUT2D eigenvalue weighted by Gasteiger charge is -2.43. The maximum Gasteiger partial charge on any atom is 0.460 e. The van der Waals surface area contributed by atoms with Gasteiger partial charge in [-0.3, -0.25) is 0 Å². The van der Waals surface area contributed by atoms with Crippen molar-refractivity contribution < 1.29 is 98.8 Å². The Labute approximate surface area is 165 Å². The molecule has 0 aromatic heterocycles. The maximum absolute atomic E-state index is 13.5. The third-order valence-corrected chi connectivity index (χ3v) is 3.74. The number of aliphatic carboxylic acids is 2. The molecule has 0 saturated carbocycles. The van der Waals surface area contributed by atoms with Crippen LogP contribution in [0.2, 0.25) is 0 Å². The quantitative estimate of drug-likeness (QED) is 0.324. The molecule has 0 fully saturated rings. The van der Waals surface area contributed by atoms with E-state index in [1.54, 1.807) is 0 Å². The SMILES string of the molecule is O=C(O)C(F)(C(=O)O)C(F)(F)C(F)(F)C(F)(F)C(F)(F)C(F)(F)C(F)(F)C(F)(F)C(F)(F)F. The molecule has 22 heteroatoms. The zero-order chi connectivity index (χ0) is 27.7. The Bertz CT molecular complexity index is 782. The van der Waals surface area contributed by atoms with Gasteiger partial charge in [-0.15, -0.1) is 0 Å². The largest absolute Gasteiger partial charge is 0.478 e. The molecule has 0 aliphatic carbocycles. The Morgan fingerprint density at radius 3 is 0.727 bits per heavy atom. The minimum absolute atomic E-state index is 4.38. The first-order valence-corrected chi connectivity index (χ1v) is 6.76. The Hall–Kier alpha value is -2.32. The first kappa shape index (κ1) is 30.7. The summed E-state index contributed by atoms with van der Waals surface area (Å²) in [5, 5.41) is 15.9. The molecule has 0 saturated heterocycles. The van der Waals surface area contributed by atoms with Gasteiger partial charge in [0.2, 0.25) is 0 Å². The predicted molar refractivity (Wildman–Crippen MR) is 59.8 cm³/mol. The number of carboxylic acids is 2. The monoisotopic (exact) mass is 540 g/mol. The topological polar surface area (TPSA) is 74.6 Å². The highest BCUT2D eigenvalue weighted by molar-refractivity contribution is 6.03. The molecule has 0 unspecified atom stereocenters. The fourth-order valence-corrected chi connectivity index (χ4v) is 1.74. The summed E-state index contributed by atoms with van der Waals surface area (Å²) in [7, 11) is 0. The molecule has 0 bridgehead atoms. The number of rotatable bonds is 9. The van der Waals surface area contributed by atoms with Crippen LogP contribution in [-0.4, -0.2) is 75.5 Å². The zero-order valence-electron chi connectivity index (χ0n) is 14.0. The average molecular weight is 540 g/mol. The Kier molecular flexibility index (Phi) is 6.82. The van der Waals surface area contributed by atoms with Crippen molar-refractivity contribution in [3.8, 4) is 0 Å². The number of alkyl halides is 18. The second kappa shape index (κ2) is 7.34. The van der Waals surface area contributed by atoms with Crippen LogP contribution in [0.1, 0.15) is 0 Å². The smallest absolute Gasteiger partial charge is 0.460 e. The summed E-state index contributed by atoms with van der Waals surface area (Å²) in [5.74, 6) is -70.2. The summed E-state index contributed by atoms with van der Waals surface area (Å²) in [6.07, 6.45) is -7.97. The minimum atomic E-state index is -9.09. The summed E-state index contributed by atoms with van der Waals surface area (Å²) in [4.78, 5) is 20.5. The average Bonchev–Trinajstić information content (AvgIpc) is 2.58. The molecule has 0 rings (SSSR count). The highest BCUT2D eigenvalue weighted by atomic mass is 19.4. The molecule has 0 spiro atoms. The third-order valence-electron chi connectivity index (χ3n) is 3.74. The number of hydrogen-bond acceptors (Lipinski definition) is 2. The van der Waals surface area contributed by atoms with Crippen LogP contribution in [0.3, 0.4) is 0 Å². The van der Waals surface area contributed by atoms with Crippen LogP contribution in [0.4, 0.5) is 79.0 Å².